The molecule has 1 heterocycles. The van der Waals surface area contributed by atoms with Gasteiger partial charge in [0.2, 0.25) is 5.91 Å². The minimum atomic E-state index is -0.436. The number of hydrogen-bond acceptors (Lipinski definition) is 2. The molecule has 0 aliphatic carbocycles. The van der Waals surface area contributed by atoms with E-state index in [0.29, 0.717) is 13.1 Å². The Kier molecular flexibility index (Phi) is 4.90. The van der Waals surface area contributed by atoms with Crippen LogP contribution in [0.3, 0.4) is 0 Å². The lowest BCUT2D eigenvalue weighted by molar-refractivity contribution is -0.917. The van der Waals surface area contributed by atoms with Crippen molar-refractivity contribution in [1.82, 2.24) is 4.90 Å². The molecule has 0 spiro atoms. The van der Waals surface area contributed by atoms with Crippen LogP contribution >= 0.6 is 0 Å². The lowest BCUT2D eigenvalue weighted by Crippen LogP contribution is -3.19. The summed E-state index contributed by atoms with van der Waals surface area (Å²) in [6.07, 6.45) is 0. The number of halogens is 1. The van der Waals surface area contributed by atoms with E-state index >= 15 is 0 Å². The van der Waals surface area contributed by atoms with Crippen LogP contribution in [0.1, 0.15) is 13.8 Å². The molecule has 1 fully saturated rings. The Morgan fingerprint density at radius 3 is 2.48 bits per heavy atom. The van der Waals surface area contributed by atoms with Crippen LogP contribution in [0.2, 0.25) is 0 Å². The van der Waals surface area contributed by atoms with E-state index < -0.39 is 5.82 Å². The highest BCUT2D eigenvalue weighted by Crippen LogP contribution is 2.12. The summed E-state index contributed by atoms with van der Waals surface area (Å²) in [4.78, 5) is 26.4. The average Bonchev–Trinajstić information content (AvgIpc) is 2.49. The number of quaternary nitrogens is 1. The number of rotatable bonds is 3. The van der Waals surface area contributed by atoms with E-state index in [2.05, 4.69) is 5.32 Å². The number of carbonyl (C=O) groups excluding carboxylic acids is 2. The first kappa shape index (κ1) is 15.4. The molecule has 114 valence electrons. The van der Waals surface area contributed by atoms with E-state index in [-0.39, 0.29) is 23.5 Å². The van der Waals surface area contributed by atoms with Gasteiger partial charge in [0.1, 0.15) is 5.82 Å². The molecule has 0 saturated carbocycles. The van der Waals surface area contributed by atoms with Crippen molar-refractivity contribution in [3.63, 3.8) is 0 Å². The number of nitrogens with zero attached hydrogens (tertiary/aromatic N) is 1. The minimum Gasteiger partial charge on any atom is -0.332 e. The number of carbonyl (C=O) groups is 2. The molecule has 0 radical (unpaired) electrons. The number of nitrogens with one attached hydrogen (secondary N) is 2. The molecular formula is C15H21FN3O2+. The number of para-hydroxylation sites is 1. The molecule has 0 bridgehead atoms. The molecular weight excluding hydrogens is 273 g/mol. The van der Waals surface area contributed by atoms with Crippen molar-refractivity contribution in [2.45, 2.75) is 19.9 Å². The molecule has 2 rings (SSSR count). The van der Waals surface area contributed by atoms with Crippen molar-refractivity contribution in [2.24, 2.45) is 0 Å². The minimum absolute atomic E-state index is 0.0671. The van der Waals surface area contributed by atoms with Crippen LogP contribution in [0.15, 0.2) is 24.3 Å². The highest BCUT2D eigenvalue weighted by molar-refractivity contribution is 5.93. The van der Waals surface area contributed by atoms with E-state index in [1.54, 1.807) is 30.0 Å². The van der Waals surface area contributed by atoms with Crippen LogP contribution in [-0.4, -0.2) is 48.9 Å². The zero-order valence-corrected chi connectivity index (χ0v) is 12.4. The molecule has 2 N–H and O–H groups in total. The smallest absolute Gasteiger partial charge is 0.282 e. The Bertz CT molecular complexity index is 527. The fourth-order valence-electron chi connectivity index (χ4n) is 2.53. The molecule has 1 aromatic rings. The monoisotopic (exact) mass is 294 g/mol. The summed E-state index contributed by atoms with van der Waals surface area (Å²) in [6, 6.07) is 5.85. The molecule has 6 heteroatoms. The van der Waals surface area contributed by atoms with Gasteiger partial charge in [0.25, 0.3) is 5.91 Å². The predicted molar refractivity (Wildman–Crippen MR) is 77.4 cm³/mol. The summed E-state index contributed by atoms with van der Waals surface area (Å²) in [5.41, 5.74) is 0.205. The molecule has 0 unspecified atom stereocenters. The molecule has 1 atom stereocenters. The van der Waals surface area contributed by atoms with Gasteiger partial charge in [0, 0.05) is 6.92 Å². The lowest BCUT2D eigenvalue weighted by Gasteiger charge is -2.34. The molecule has 1 aliphatic rings. The van der Waals surface area contributed by atoms with Gasteiger partial charge < -0.3 is 15.1 Å². The van der Waals surface area contributed by atoms with Gasteiger partial charge in [-0.25, -0.2) is 4.39 Å². The molecule has 2 amide bonds. The summed E-state index contributed by atoms with van der Waals surface area (Å²) in [5.74, 6) is -0.571. The Morgan fingerprint density at radius 1 is 1.29 bits per heavy atom. The lowest BCUT2D eigenvalue weighted by atomic mass is 10.2. The zero-order chi connectivity index (χ0) is 15.4. The predicted octanol–water partition coefficient (Wildman–Crippen LogP) is -0.100. The van der Waals surface area contributed by atoms with Crippen molar-refractivity contribution in [3.8, 4) is 0 Å². The van der Waals surface area contributed by atoms with Crippen molar-refractivity contribution in [2.75, 3.05) is 31.5 Å². The third-order valence-electron chi connectivity index (χ3n) is 3.99. The third-order valence-corrected chi connectivity index (χ3v) is 3.99. The number of hydrogen-bond donors (Lipinski definition) is 2. The standard InChI is InChI=1S/C15H20FN3O2/c1-11(18-7-9-19(10-8-18)12(2)20)15(21)17-14-6-4-3-5-13(14)16/h3-6,11H,7-10H2,1-2H3,(H,17,21)/p+1/t11-/m1/s1. The third kappa shape index (κ3) is 3.78. The Hall–Kier alpha value is -1.95. The quantitative estimate of drug-likeness (QED) is 0.818. The summed E-state index contributed by atoms with van der Waals surface area (Å²) in [6.45, 7) is 6.15. The maximum absolute atomic E-state index is 13.5. The number of benzene rings is 1. The van der Waals surface area contributed by atoms with Crippen LogP contribution < -0.4 is 10.2 Å². The van der Waals surface area contributed by atoms with E-state index in [1.807, 2.05) is 6.92 Å². The SMILES string of the molecule is CC(=O)N1CC[NH+]([C@H](C)C(=O)Nc2ccccc2F)CC1. The highest BCUT2D eigenvalue weighted by atomic mass is 19.1. The first-order chi connectivity index (χ1) is 9.99. The number of amides is 2. The van der Waals surface area contributed by atoms with E-state index in [0.717, 1.165) is 18.0 Å². The van der Waals surface area contributed by atoms with Crippen LogP contribution in [0.5, 0.6) is 0 Å². The number of piperazine rings is 1. The van der Waals surface area contributed by atoms with Crippen molar-refractivity contribution in [1.29, 1.82) is 0 Å². The van der Waals surface area contributed by atoms with Crippen LogP contribution in [-0.2, 0) is 9.59 Å². The topological polar surface area (TPSA) is 53.9 Å². The van der Waals surface area contributed by atoms with Gasteiger partial charge in [-0.2, -0.15) is 0 Å². The molecule has 5 nitrogen and oxygen atoms in total. The zero-order valence-electron chi connectivity index (χ0n) is 12.4. The Balaban J connectivity index is 1.92. The van der Waals surface area contributed by atoms with Crippen LogP contribution in [0.25, 0.3) is 0 Å². The van der Waals surface area contributed by atoms with Crippen LogP contribution in [0.4, 0.5) is 10.1 Å². The van der Waals surface area contributed by atoms with Gasteiger partial charge in [0.15, 0.2) is 6.04 Å². The average molecular weight is 294 g/mol. The fraction of sp³-hybridized carbons (Fsp3) is 0.467. The second kappa shape index (κ2) is 6.67. The molecule has 1 aromatic carbocycles. The summed E-state index contributed by atoms with van der Waals surface area (Å²) < 4.78 is 13.5. The molecule has 21 heavy (non-hydrogen) atoms. The second-order valence-corrected chi connectivity index (χ2v) is 5.36. The van der Waals surface area contributed by atoms with Gasteiger partial charge >= 0.3 is 0 Å². The molecule has 1 saturated heterocycles. The van der Waals surface area contributed by atoms with Gasteiger partial charge in [-0.3, -0.25) is 9.59 Å². The normalized spacial score (nSPS) is 17.4. The van der Waals surface area contributed by atoms with Gasteiger partial charge in [-0.05, 0) is 19.1 Å². The molecule has 0 aromatic heterocycles. The molecule has 1 aliphatic heterocycles. The van der Waals surface area contributed by atoms with Crippen molar-refractivity contribution in [3.05, 3.63) is 30.1 Å². The first-order valence-corrected chi connectivity index (χ1v) is 7.14. The maximum Gasteiger partial charge on any atom is 0.282 e. The van der Waals surface area contributed by atoms with Gasteiger partial charge in [-0.1, -0.05) is 12.1 Å². The second-order valence-electron chi connectivity index (χ2n) is 5.36. The van der Waals surface area contributed by atoms with Crippen molar-refractivity contribution >= 4 is 17.5 Å². The highest BCUT2D eigenvalue weighted by Gasteiger charge is 2.30. The first-order valence-electron chi connectivity index (χ1n) is 7.14. The van der Waals surface area contributed by atoms with E-state index in [1.165, 1.54) is 6.07 Å². The van der Waals surface area contributed by atoms with E-state index in [4.69, 9.17) is 0 Å². The Labute approximate surface area is 123 Å². The summed E-state index contributed by atoms with van der Waals surface area (Å²) in [7, 11) is 0. The largest absolute Gasteiger partial charge is 0.332 e. The van der Waals surface area contributed by atoms with E-state index in [9.17, 15) is 14.0 Å². The fourth-order valence-corrected chi connectivity index (χ4v) is 2.53. The van der Waals surface area contributed by atoms with Crippen LogP contribution in [0, 0.1) is 5.82 Å². The van der Waals surface area contributed by atoms with Crippen molar-refractivity contribution < 1.29 is 18.9 Å². The van der Waals surface area contributed by atoms with Gasteiger partial charge in [0.05, 0.1) is 31.9 Å². The number of anilines is 1. The Morgan fingerprint density at radius 2 is 1.90 bits per heavy atom. The summed E-state index contributed by atoms with van der Waals surface area (Å²) >= 11 is 0. The maximum atomic E-state index is 13.5. The summed E-state index contributed by atoms with van der Waals surface area (Å²) in [5, 5.41) is 2.63. The van der Waals surface area contributed by atoms with Gasteiger partial charge in [-0.15, -0.1) is 0 Å².